The van der Waals surface area contributed by atoms with Crippen molar-refractivity contribution >= 4 is 30.0 Å². The average molecular weight is 376 g/mol. The highest BCUT2D eigenvalue weighted by molar-refractivity contribution is 8.00. The van der Waals surface area contributed by atoms with Crippen molar-refractivity contribution in [1.29, 1.82) is 0 Å². The average Bonchev–Trinajstić information content (AvgIpc) is 2.67. The summed E-state index contributed by atoms with van der Waals surface area (Å²) in [5.74, 6) is -0.558. The summed E-state index contributed by atoms with van der Waals surface area (Å²) in [5, 5.41) is 0.188. The lowest BCUT2D eigenvalue weighted by atomic mass is 10.1. The molecule has 1 atom stereocenters. The van der Waals surface area contributed by atoms with Gasteiger partial charge in [-0.05, 0) is 43.2 Å². The van der Waals surface area contributed by atoms with Gasteiger partial charge in [0.25, 0.3) is 0 Å². The number of thioether (sulfide) groups is 1. The predicted molar refractivity (Wildman–Crippen MR) is 102 cm³/mol. The molecule has 6 heteroatoms. The van der Waals surface area contributed by atoms with Crippen LogP contribution >= 0.6 is 11.8 Å². The first-order valence-electron chi connectivity index (χ1n) is 8.31. The van der Waals surface area contributed by atoms with E-state index in [4.69, 9.17) is 4.74 Å². The SMILES string of the molecule is COC(=O)CCCCC(/C=C/C=C/C=O)Sc1ccc(C(=O)OC)cc1. The molecule has 0 spiro atoms. The molecule has 0 bridgehead atoms. The molecule has 0 N–H and O–H groups in total. The maximum atomic E-state index is 11.5. The molecule has 1 rings (SSSR count). The van der Waals surface area contributed by atoms with E-state index in [1.54, 1.807) is 30.0 Å². The molecule has 0 saturated heterocycles. The van der Waals surface area contributed by atoms with Crippen LogP contribution in [0.3, 0.4) is 0 Å². The van der Waals surface area contributed by atoms with Crippen molar-refractivity contribution in [2.45, 2.75) is 35.8 Å². The van der Waals surface area contributed by atoms with Gasteiger partial charge >= 0.3 is 11.9 Å². The van der Waals surface area contributed by atoms with Gasteiger partial charge in [0.2, 0.25) is 0 Å². The molecule has 0 aliphatic rings. The Kier molecular flexibility index (Phi) is 10.8. The lowest BCUT2D eigenvalue weighted by Crippen LogP contribution is -2.03. The van der Waals surface area contributed by atoms with E-state index in [0.717, 1.165) is 30.4 Å². The minimum atomic E-state index is -0.361. The Labute approximate surface area is 158 Å². The highest BCUT2D eigenvalue weighted by atomic mass is 32.2. The van der Waals surface area contributed by atoms with Crippen molar-refractivity contribution in [3.8, 4) is 0 Å². The molecule has 0 amide bonds. The van der Waals surface area contributed by atoms with Crippen molar-refractivity contribution in [1.82, 2.24) is 0 Å². The summed E-state index contributed by atoms with van der Waals surface area (Å²) >= 11 is 1.66. The third-order valence-corrected chi connectivity index (χ3v) is 4.78. The molecule has 0 aromatic heterocycles. The number of aldehydes is 1. The fourth-order valence-electron chi connectivity index (χ4n) is 2.17. The van der Waals surface area contributed by atoms with E-state index in [1.165, 1.54) is 20.3 Å². The first-order chi connectivity index (χ1) is 12.6. The minimum Gasteiger partial charge on any atom is -0.469 e. The van der Waals surface area contributed by atoms with Gasteiger partial charge in [0.05, 0.1) is 19.8 Å². The molecule has 0 radical (unpaired) electrons. The molecule has 0 saturated carbocycles. The fourth-order valence-corrected chi connectivity index (χ4v) is 3.27. The predicted octanol–water partition coefficient (Wildman–Crippen LogP) is 3.98. The number of hydrogen-bond acceptors (Lipinski definition) is 6. The highest BCUT2D eigenvalue weighted by Gasteiger charge is 2.10. The topological polar surface area (TPSA) is 69.7 Å². The Balaban J connectivity index is 2.66. The first kappa shape index (κ1) is 21.7. The minimum absolute atomic E-state index is 0.188. The van der Waals surface area contributed by atoms with Crippen LogP contribution in [0.4, 0.5) is 0 Å². The van der Waals surface area contributed by atoms with Crippen LogP contribution in [0.15, 0.2) is 53.5 Å². The quantitative estimate of drug-likeness (QED) is 0.145. The number of hydrogen-bond donors (Lipinski definition) is 0. The normalized spacial score (nSPS) is 12.2. The second-order valence-corrected chi connectivity index (χ2v) is 6.71. The Morgan fingerprint density at radius 3 is 2.38 bits per heavy atom. The van der Waals surface area contributed by atoms with E-state index < -0.39 is 0 Å². The summed E-state index contributed by atoms with van der Waals surface area (Å²) in [5.41, 5.74) is 0.510. The van der Waals surface area contributed by atoms with Crippen molar-refractivity contribution in [2.75, 3.05) is 14.2 Å². The van der Waals surface area contributed by atoms with Gasteiger partial charge in [0, 0.05) is 16.6 Å². The number of carbonyl (C=O) groups excluding carboxylic acids is 3. The molecular formula is C20H24O5S. The Hall–Kier alpha value is -2.34. The van der Waals surface area contributed by atoms with Gasteiger partial charge < -0.3 is 9.47 Å². The van der Waals surface area contributed by atoms with Gasteiger partial charge in [-0.2, -0.15) is 0 Å². The van der Waals surface area contributed by atoms with Crippen LogP contribution in [0.25, 0.3) is 0 Å². The number of unbranched alkanes of at least 4 members (excludes halogenated alkanes) is 1. The molecule has 0 heterocycles. The first-order valence-corrected chi connectivity index (χ1v) is 9.19. The highest BCUT2D eigenvalue weighted by Crippen LogP contribution is 2.28. The Bertz CT molecular complexity index is 634. The Morgan fingerprint density at radius 1 is 1.04 bits per heavy atom. The van der Waals surface area contributed by atoms with E-state index >= 15 is 0 Å². The summed E-state index contributed by atoms with van der Waals surface area (Å²) in [4.78, 5) is 34.0. The maximum absolute atomic E-state index is 11.5. The van der Waals surface area contributed by atoms with Crippen LogP contribution in [0.1, 0.15) is 36.0 Å². The third-order valence-electron chi connectivity index (χ3n) is 3.54. The molecule has 0 aliphatic heterocycles. The lowest BCUT2D eigenvalue weighted by Gasteiger charge is -2.12. The molecule has 5 nitrogen and oxygen atoms in total. The summed E-state index contributed by atoms with van der Waals surface area (Å²) in [6.07, 6.45) is 10.7. The molecule has 140 valence electrons. The summed E-state index contributed by atoms with van der Waals surface area (Å²) in [6, 6.07) is 7.23. The van der Waals surface area contributed by atoms with Crippen LogP contribution < -0.4 is 0 Å². The lowest BCUT2D eigenvalue weighted by molar-refractivity contribution is -0.140. The number of rotatable bonds is 11. The van der Waals surface area contributed by atoms with Gasteiger partial charge in [0.15, 0.2) is 0 Å². The van der Waals surface area contributed by atoms with Gasteiger partial charge in [-0.1, -0.05) is 24.6 Å². The van der Waals surface area contributed by atoms with Crippen LogP contribution in [0.5, 0.6) is 0 Å². The molecule has 26 heavy (non-hydrogen) atoms. The van der Waals surface area contributed by atoms with Crippen LogP contribution in [0.2, 0.25) is 0 Å². The number of carbonyl (C=O) groups is 3. The third kappa shape index (κ3) is 8.67. The molecule has 0 fully saturated rings. The zero-order chi connectivity index (χ0) is 19.2. The largest absolute Gasteiger partial charge is 0.469 e. The molecular weight excluding hydrogens is 352 g/mol. The van der Waals surface area contributed by atoms with Crippen molar-refractivity contribution < 1.29 is 23.9 Å². The van der Waals surface area contributed by atoms with E-state index in [9.17, 15) is 14.4 Å². The number of allylic oxidation sites excluding steroid dienone is 3. The summed E-state index contributed by atoms with van der Waals surface area (Å²) in [6.45, 7) is 0. The Morgan fingerprint density at radius 2 is 1.77 bits per heavy atom. The monoisotopic (exact) mass is 376 g/mol. The molecule has 1 unspecified atom stereocenters. The van der Waals surface area contributed by atoms with Crippen molar-refractivity contribution in [3.05, 3.63) is 54.1 Å². The van der Waals surface area contributed by atoms with E-state index in [2.05, 4.69) is 4.74 Å². The van der Waals surface area contributed by atoms with E-state index in [-0.39, 0.29) is 17.2 Å². The fraction of sp³-hybridized carbons (Fsp3) is 0.350. The molecule has 1 aromatic carbocycles. The maximum Gasteiger partial charge on any atom is 0.337 e. The van der Waals surface area contributed by atoms with Gasteiger partial charge in [0.1, 0.15) is 6.29 Å². The standard InChI is InChI=1S/C20H24O5S/c1-24-19(22)10-6-5-9-17(8-4-3-7-15-21)26-18-13-11-16(12-14-18)20(23)25-2/h3-4,7-8,11-15,17H,5-6,9-10H2,1-2H3/b7-3+,8-4+. The van der Waals surface area contributed by atoms with Crippen LogP contribution in [-0.2, 0) is 19.1 Å². The molecule has 1 aromatic rings. The molecule has 0 aliphatic carbocycles. The number of methoxy groups -OCH3 is 2. The van der Waals surface area contributed by atoms with Crippen LogP contribution in [-0.4, -0.2) is 37.7 Å². The van der Waals surface area contributed by atoms with Gasteiger partial charge in [-0.3, -0.25) is 9.59 Å². The van der Waals surface area contributed by atoms with E-state index in [1.807, 2.05) is 24.3 Å². The smallest absolute Gasteiger partial charge is 0.337 e. The van der Waals surface area contributed by atoms with Crippen molar-refractivity contribution in [3.63, 3.8) is 0 Å². The zero-order valence-corrected chi connectivity index (χ0v) is 15.9. The second-order valence-electron chi connectivity index (χ2n) is 5.40. The number of esters is 2. The summed E-state index contributed by atoms with van der Waals surface area (Å²) in [7, 11) is 2.74. The number of benzene rings is 1. The van der Waals surface area contributed by atoms with Crippen LogP contribution in [0, 0.1) is 0 Å². The van der Waals surface area contributed by atoms with E-state index in [0.29, 0.717) is 12.0 Å². The number of ether oxygens (including phenoxy) is 2. The summed E-state index contributed by atoms with van der Waals surface area (Å²) < 4.78 is 9.34. The van der Waals surface area contributed by atoms with Gasteiger partial charge in [-0.15, -0.1) is 11.8 Å². The van der Waals surface area contributed by atoms with Gasteiger partial charge in [-0.25, -0.2) is 4.79 Å². The zero-order valence-electron chi connectivity index (χ0n) is 15.1. The second kappa shape index (κ2) is 12.9. The van der Waals surface area contributed by atoms with Crippen molar-refractivity contribution in [2.24, 2.45) is 0 Å².